The molecule has 0 radical (unpaired) electrons. The van der Waals surface area contributed by atoms with Crippen LogP contribution in [0.4, 0.5) is 15.8 Å². The van der Waals surface area contributed by atoms with Crippen LogP contribution in [-0.4, -0.2) is 39.1 Å². The van der Waals surface area contributed by atoms with Crippen molar-refractivity contribution < 1.29 is 9.18 Å². The van der Waals surface area contributed by atoms with Crippen molar-refractivity contribution in [2.45, 2.75) is 26.2 Å². The zero-order valence-electron chi connectivity index (χ0n) is 14.8. The minimum absolute atomic E-state index is 0. The summed E-state index contributed by atoms with van der Waals surface area (Å²) in [7, 11) is 1.94. The third-order valence-electron chi connectivity index (χ3n) is 5.28. The van der Waals surface area contributed by atoms with E-state index >= 15 is 0 Å². The summed E-state index contributed by atoms with van der Waals surface area (Å²) in [6, 6.07) is 4.69. The van der Waals surface area contributed by atoms with Crippen LogP contribution in [0.3, 0.4) is 0 Å². The van der Waals surface area contributed by atoms with Crippen molar-refractivity contribution in [3.63, 3.8) is 0 Å². The summed E-state index contributed by atoms with van der Waals surface area (Å²) in [5.74, 6) is 0.929. The molecule has 25 heavy (non-hydrogen) atoms. The van der Waals surface area contributed by atoms with Crippen LogP contribution in [0, 0.1) is 17.7 Å². The van der Waals surface area contributed by atoms with E-state index in [1.165, 1.54) is 12.1 Å². The Morgan fingerprint density at radius 2 is 1.92 bits per heavy atom. The number of rotatable bonds is 3. The highest BCUT2D eigenvalue weighted by atomic mass is 35.5. The Labute approximate surface area is 162 Å². The maximum atomic E-state index is 13.5. The molecule has 4 nitrogen and oxygen atoms in total. The molecular formula is C18H28Cl2FN3O. The van der Waals surface area contributed by atoms with Crippen molar-refractivity contribution in [1.29, 1.82) is 0 Å². The number of hydrogen-bond donors (Lipinski definition) is 1. The molecular weight excluding hydrogens is 364 g/mol. The fourth-order valence-electron chi connectivity index (χ4n) is 3.75. The second kappa shape index (κ2) is 9.60. The van der Waals surface area contributed by atoms with E-state index in [9.17, 15) is 9.18 Å². The molecule has 2 aliphatic heterocycles. The summed E-state index contributed by atoms with van der Waals surface area (Å²) in [5, 5.41) is 3.37. The first-order valence-electron chi connectivity index (χ1n) is 8.58. The molecule has 2 aliphatic rings. The van der Waals surface area contributed by atoms with Gasteiger partial charge in [-0.3, -0.25) is 4.79 Å². The van der Waals surface area contributed by atoms with E-state index in [1.54, 1.807) is 6.07 Å². The minimum atomic E-state index is -0.257. The van der Waals surface area contributed by atoms with Crippen molar-refractivity contribution >= 4 is 42.1 Å². The summed E-state index contributed by atoms with van der Waals surface area (Å²) < 4.78 is 13.5. The van der Waals surface area contributed by atoms with E-state index in [1.807, 2.05) is 16.8 Å². The lowest BCUT2D eigenvalue weighted by atomic mass is 9.84. The second-order valence-corrected chi connectivity index (χ2v) is 6.87. The van der Waals surface area contributed by atoms with Gasteiger partial charge in [0.1, 0.15) is 5.82 Å². The van der Waals surface area contributed by atoms with Gasteiger partial charge in [-0.2, -0.15) is 0 Å². The van der Waals surface area contributed by atoms with Crippen LogP contribution < -0.4 is 15.1 Å². The molecule has 1 amide bonds. The van der Waals surface area contributed by atoms with Crippen molar-refractivity contribution in [1.82, 2.24) is 5.32 Å². The lowest BCUT2D eigenvalue weighted by Crippen LogP contribution is -2.43. The van der Waals surface area contributed by atoms with Crippen LogP contribution in [0.25, 0.3) is 0 Å². The highest BCUT2D eigenvalue weighted by Gasteiger charge is 2.28. The number of carbonyl (C=O) groups is 1. The van der Waals surface area contributed by atoms with Gasteiger partial charge in [0, 0.05) is 26.6 Å². The highest BCUT2D eigenvalue weighted by molar-refractivity contribution is 5.98. The van der Waals surface area contributed by atoms with Crippen molar-refractivity contribution in [3.05, 3.63) is 24.0 Å². The topological polar surface area (TPSA) is 35.6 Å². The van der Waals surface area contributed by atoms with Crippen molar-refractivity contribution in [2.24, 2.45) is 11.8 Å². The van der Waals surface area contributed by atoms with Gasteiger partial charge in [0.05, 0.1) is 11.4 Å². The summed E-state index contributed by atoms with van der Waals surface area (Å²) in [6.07, 6.45) is 2.88. The average molecular weight is 392 g/mol. The molecule has 0 aliphatic carbocycles. The van der Waals surface area contributed by atoms with Crippen LogP contribution >= 0.6 is 24.8 Å². The number of fused-ring (bicyclic) bond motifs is 1. The first kappa shape index (κ1) is 22.0. The van der Waals surface area contributed by atoms with Gasteiger partial charge in [-0.1, -0.05) is 6.92 Å². The summed E-state index contributed by atoms with van der Waals surface area (Å²) in [4.78, 5) is 16.7. The molecule has 0 bridgehead atoms. The SMILES string of the molecule is CC(CC(=O)N1CCN(C)c2cc(F)ccc21)C1CCNCC1.Cl.Cl. The minimum Gasteiger partial charge on any atom is -0.371 e. The Balaban J connectivity index is 0.00000156. The zero-order valence-corrected chi connectivity index (χ0v) is 16.5. The summed E-state index contributed by atoms with van der Waals surface area (Å²) in [5.41, 5.74) is 1.64. The van der Waals surface area contributed by atoms with Gasteiger partial charge in [0.2, 0.25) is 5.91 Å². The molecule has 0 saturated carbocycles. The van der Waals surface area contributed by atoms with Crippen LogP contribution in [0.1, 0.15) is 26.2 Å². The van der Waals surface area contributed by atoms with E-state index in [4.69, 9.17) is 0 Å². The van der Waals surface area contributed by atoms with Gasteiger partial charge >= 0.3 is 0 Å². The standard InChI is InChI=1S/C18H26FN3O.2ClH/c1-13(14-5-7-20-8-6-14)11-18(23)22-10-9-21(2)17-12-15(19)3-4-16(17)22;;/h3-4,12-14,20H,5-11H2,1-2H3;2*1H. The molecule has 1 aromatic carbocycles. The molecule has 1 fully saturated rings. The average Bonchev–Trinajstić information content (AvgIpc) is 2.56. The number of anilines is 2. The maximum absolute atomic E-state index is 13.5. The number of amides is 1. The first-order chi connectivity index (χ1) is 11.1. The van der Waals surface area contributed by atoms with Crippen LogP contribution in [-0.2, 0) is 4.79 Å². The Morgan fingerprint density at radius 1 is 1.24 bits per heavy atom. The van der Waals surface area contributed by atoms with Gasteiger partial charge in [-0.05, 0) is 56.0 Å². The van der Waals surface area contributed by atoms with E-state index in [2.05, 4.69) is 12.2 Å². The van der Waals surface area contributed by atoms with Gasteiger partial charge < -0.3 is 15.1 Å². The molecule has 142 valence electrons. The van der Waals surface area contributed by atoms with E-state index in [0.717, 1.165) is 43.9 Å². The molecule has 1 N–H and O–H groups in total. The van der Waals surface area contributed by atoms with Crippen molar-refractivity contribution in [3.8, 4) is 0 Å². The molecule has 1 unspecified atom stereocenters. The van der Waals surface area contributed by atoms with Crippen LogP contribution in [0.5, 0.6) is 0 Å². The number of hydrogen-bond acceptors (Lipinski definition) is 3. The fourth-order valence-corrected chi connectivity index (χ4v) is 3.75. The second-order valence-electron chi connectivity index (χ2n) is 6.87. The molecule has 7 heteroatoms. The molecule has 3 rings (SSSR count). The maximum Gasteiger partial charge on any atom is 0.227 e. The lowest BCUT2D eigenvalue weighted by Gasteiger charge is -2.37. The smallest absolute Gasteiger partial charge is 0.227 e. The predicted octanol–water partition coefficient (Wildman–Crippen LogP) is 3.48. The summed E-state index contributed by atoms with van der Waals surface area (Å²) in [6.45, 7) is 5.71. The number of piperidine rings is 1. The number of nitrogens with zero attached hydrogens (tertiary/aromatic N) is 2. The third-order valence-corrected chi connectivity index (χ3v) is 5.28. The zero-order chi connectivity index (χ0) is 16.4. The van der Waals surface area contributed by atoms with E-state index in [0.29, 0.717) is 24.8 Å². The Hall–Kier alpha value is -1.04. The number of nitrogens with one attached hydrogen (secondary N) is 1. The molecule has 1 atom stereocenters. The number of benzene rings is 1. The first-order valence-corrected chi connectivity index (χ1v) is 8.58. The van der Waals surface area contributed by atoms with Gasteiger partial charge in [-0.25, -0.2) is 4.39 Å². The number of halogens is 3. The molecule has 0 aromatic heterocycles. The van der Waals surface area contributed by atoms with Crippen LogP contribution in [0.2, 0.25) is 0 Å². The quantitative estimate of drug-likeness (QED) is 0.856. The molecule has 0 spiro atoms. The lowest BCUT2D eigenvalue weighted by molar-refractivity contribution is -0.119. The summed E-state index contributed by atoms with van der Waals surface area (Å²) >= 11 is 0. The monoisotopic (exact) mass is 391 g/mol. The molecule has 2 heterocycles. The fraction of sp³-hybridized carbons (Fsp3) is 0.611. The predicted molar refractivity (Wildman–Crippen MR) is 106 cm³/mol. The Kier molecular flexibility index (Phi) is 8.45. The molecule has 1 saturated heterocycles. The van der Waals surface area contributed by atoms with Gasteiger partial charge in [-0.15, -0.1) is 24.8 Å². The highest BCUT2D eigenvalue weighted by Crippen LogP contribution is 2.34. The number of carbonyl (C=O) groups excluding carboxylic acids is 1. The van der Waals surface area contributed by atoms with Gasteiger partial charge in [0.25, 0.3) is 0 Å². The molecule has 1 aromatic rings. The van der Waals surface area contributed by atoms with Crippen LogP contribution in [0.15, 0.2) is 18.2 Å². The van der Waals surface area contributed by atoms with E-state index < -0.39 is 0 Å². The Bertz CT molecular complexity index is 581. The van der Waals surface area contributed by atoms with E-state index in [-0.39, 0.29) is 36.5 Å². The third kappa shape index (κ3) is 4.99. The van der Waals surface area contributed by atoms with Gasteiger partial charge in [0.15, 0.2) is 0 Å². The largest absolute Gasteiger partial charge is 0.371 e. The van der Waals surface area contributed by atoms with Crippen molar-refractivity contribution in [2.75, 3.05) is 43.0 Å². The normalized spacial score (nSPS) is 18.7. The number of likely N-dealkylation sites (N-methyl/N-ethyl adjacent to an activating group) is 1. The Morgan fingerprint density at radius 3 is 2.60 bits per heavy atom.